The van der Waals surface area contributed by atoms with Crippen LogP contribution in [0.5, 0.6) is 34.5 Å². The van der Waals surface area contributed by atoms with Gasteiger partial charge in [0.25, 0.3) is 0 Å². The standard InChI is InChI=1S/C30H26O14/c31-15-5-1-13(2-6-15)3-8-22(36)41-12-21-24(37)26(39)27(40)30(43-21)44-29-25(38)23-19(35)10-16(32)11-20(23)42-28(29)14-4-7-17(33)18(34)9-14/h1-11,21,24,26-27,30-35,37,39-40H,12H2/t21-,24+,26-,27+,30-/m0/s1. The van der Waals surface area contributed by atoms with Gasteiger partial charge in [-0.25, -0.2) is 4.79 Å². The minimum atomic E-state index is -1.95. The molecule has 5 atom stereocenters. The molecule has 5 rings (SSSR count). The molecule has 1 aliphatic heterocycles. The number of phenols is 5. The molecule has 1 saturated heterocycles. The Hall–Kier alpha value is -5.28. The minimum Gasteiger partial charge on any atom is -0.508 e. The van der Waals surface area contributed by atoms with Gasteiger partial charge in [-0.2, -0.15) is 0 Å². The fraction of sp³-hybridized carbons (Fsp3) is 0.200. The topological polar surface area (TPSA) is 237 Å². The predicted molar refractivity (Wildman–Crippen MR) is 150 cm³/mol. The molecule has 4 aromatic rings. The molecule has 0 amide bonds. The molecular formula is C30H26O14. The Bertz CT molecular complexity index is 1780. The highest BCUT2D eigenvalue weighted by atomic mass is 16.7. The van der Waals surface area contributed by atoms with E-state index in [0.717, 1.165) is 30.3 Å². The van der Waals surface area contributed by atoms with Crippen molar-refractivity contribution in [1.82, 2.24) is 0 Å². The number of hydrogen-bond acceptors (Lipinski definition) is 14. The van der Waals surface area contributed by atoms with Crippen molar-refractivity contribution in [3.63, 3.8) is 0 Å². The zero-order valence-electron chi connectivity index (χ0n) is 22.5. The molecule has 0 unspecified atom stereocenters. The second kappa shape index (κ2) is 12.1. The molecule has 8 N–H and O–H groups in total. The number of aromatic hydroxyl groups is 5. The third kappa shape index (κ3) is 6.09. The Morgan fingerprint density at radius 1 is 0.818 bits per heavy atom. The summed E-state index contributed by atoms with van der Waals surface area (Å²) < 4.78 is 22.1. The van der Waals surface area contributed by atoms with Gasteiger partial charge in [-0.1, -0.05) is 12.1 Å². The van der Waals surface area contributed by atoms with Crippen molar-refractivity contribution >= 4 is 23.0 Å². The lowest BCUT2D eigenvalue weighted by Gasteiger charge is -2.39. The maximum absolute atomic E-state index is 13.6. The van der Waals surface area contributed by atoms with Crippen molar-refractivity contribution < 1.29 is 64.3 Å². The van der Waals surface area contributed by atoms with Gasteiger partial charge < -0.3 is 59.5 Å². The summed E-state index contributed by atoms with van der Waals surface area (Å²) in [7, 11) is 0. The average molecular weight is 611 g/mol. The molecule has 14 heteroatoms. The van der Waals surface area contributed by atoms with Crippen LogP contribution in [0, 0.1) is 0 Å². The average Bonchev–Trinajstić information content (AvgIpc) is 2.98. The van der Waals surface area contributed by atoms with E-state index in [4.69, 9.17) is 18.6 Å². The number of benzene rings is 3. The molecule has 0 aliphatic carbocycles. The SMILES string of the molecule is O=C(C=Cc1ccc(O)cc1)OC[C@@H]1O[C@@H](Oc2c(-c3ccc(O)c(O)c3)oc3cc(O)cc(O)c3c2=O)[C@H](O)[C@@H](O)[C@@H]1O. The van der Waals surface area contributed by atoms with Crippen LogP contribution in [0.3, 0.4) is 0 Å². The molecule has 44 heavy (non-hydrogen) atoms. The van der Waals surface area contributed by atoms with E-state index in [1.54, 1.807) is 12.1 Å². The molecule has 0 bridgehead atoms. The molecule has 1 aliphatic rings. The van der Waals surface area contributed by atoms with Crippen LogP contribution in [0.4, 0.5) is 0 Å². The molecule has 0 spiro atoms. The number of carbonyl (C=O) groups is 1. The van der Waals surface area contributed by atoms with Gasteiger partial charge in [0.05, 0.1) is 0 Å². The van der Waals surface area contributed by atoms with Gasteiger partial charge in [-0.15, -0.1) is 0 Å². The van der Waals surface area contributed by atoms with Crippen molar-refractivity contribution in [3.05, 3.63) is 76.5 Å². The van der Waals surface area contributed by atoms with E-state index in [1.165, 1.54) is 24.3 Å². The number of rotatable bonds is 7. The van der Waals surface area contributed by atoms with Gasteiger partial charge >= 0.3 is 5.97 Å². The molecule has 14 nitrogen and oxygen atoms in total. The fourth-order valence-corrected chi connectivity index (χ4v) is 4.46. The summed E-state index contributed by atoms with van der Waals surface area (Å²) in [5.41, 5.74) is -0.735. The Kier molecular flexibility index (Phi) is 8.33. The van der Waals surface area contributed by atoms with E-state index in [0.29, 0.717) is 5.56 Å². The quantitative estimate of drug-likeness (QED) is 0.0840. The van der Waals surface area contributed by atoms with Crippen molar-refractivity contribution in [3.8, 4) is 45.8 Å². The first-order valence-corrected chi connectivity index (χ1v) is 13.0. The number of ether oxygens (including phenoxy) is 3. The first-order chi connectivity index (χ1) is 20.9. The second-order valence-electron chi connectivity index (χ2n) is 9.82. The van der Waals surface area contributed by atoms with E-state index < -0.39 is 82.8 Å². The third-order valence-electron chi connectivity index (χ3n) is 6.75. The molecule has 0 radical (unpaired) electrons. The molecule has 0 saturated carbocycles. The Balaban J connectivity index is 1.43. The number of fused-ring (bicyclic) bond motifs is 1. The van der Waals surface area contributed by atoms with E-state index in [2.05, 4.69) is 0 Å². The molecular weight excluding hydrogens is 584 g/mol. The predicted octanol–water partition coefficient (Wildman–Crippen LogP) is 1.43. The van der Waals surface area contributed by atoms with Gasteiger partial charge in [0.15, 0.2) is 17.3 Å². The highest BCUT2D eigenvalue weighted by Crippen LogP contribution is 2.39. The molecule has 1 aromatic heterocycles. The Labute approximate surface area is 247 Å². The Morgan fingerprint density at radius 3 is 2.25 bits per heavy atom. The van der Waals surface area contributed by atoms with Crippen molar-refractivity contribution in [2.75, 3.05) is 6.61 Å². The minimum absolute atomic E-state index is 0.0195. The van der Waals surface area contributed by atoms with Gasteiger partial charge in [0, 0.05) is 23.8 Å². The normalized spacial score (nSPS) is 21.8. The summed E-state index contributed by atoms with van der Waals surface area (Å²) in [5, 5.41) is 80.6. The van der Waals surface area contributed by atoms with Crippen LogP contribution in [0.25, 0.3) is 28.4 Å². The summed E-state index contributed by atoms with van der Waals surface area (Å²) >= 11 is 0. The lowest BCUT2D eigenvalue weighted by atomic mass is 9.99. The molecule has 230 valence electrons. The Morgan fingerprint density at radius 2 is 1.55 bits per heavy atom. The first-order valence-electron chi connectivity index (χ1n) is 13.0. The van der Waals surface area contributed by atoms with Gasteiger partial charge in [0.2, 0.25) is 17.5 Å². The van der Waals surface area contributed by atoms with Crippen LogP contribution in [0.1, 0.15) is 5.56 Å². The summed E-state index contributed by atoms with van der Waals surface area (Å²) in [6, 6.07) is 11.2. The fourth-order valence-electron chi connectivity index (χ4n) is 4.46. The summed E-state index contributed by atoms with van der Waals surface area (Å²) in [6.07, 6.45) is -6.45. The van der Waals surface area contributed by atoms with E-state index >= 15 is 0 Å². The molecule has 3 aromatic carbocycles. The monoisotopic (exact) mass is 610 g/mol. The number of aliphatic hydroxyl groups is 3. The summed E-state index contributed by atoms with van der Waals surface area (Å²) in [6.45, 7) is -0.616. The largest absolute Gasteiger partial charge is 0.508 e. The van der Waals surface area contributed by atoms with Crippen LogP contribution in [-0.2, 0) is 14.3 Å². The lowest BCUT2D eigenvalue weighted by molar-refractivity contribution is -0.278. The van der Waals surface area contributed by atoms with E-state index in [1.807, 2.05) is 0 Å². The van der Waals surface area contributed by atoms with Crippen LogP contribution in [0.15, 0.2) is 69.9 Å². The molecule has 1 fully saturated rings. The van der Waals surface area contributed by atoms with E-state index in [9.17, 15) is 50.4 Å². The summed E-state index contributed by atoms with van der Waals surface area (Å²) in [4.78, 5) is 25.8. The zero-order valence-corrected chi connectivity index (χ0v) is 22.5. The number of hydrogen-bond donors (Lipinski definition) is 8. The number of phenolic OH excluding ortho intramolecular Hbond substituents is 5. The smallest absolute Gasteiger partial charge is 0.330 e. The third-order valence-corrected chi connectivity index (χ3v) is 6.75. The van der Waals surface area contributed by atoms with Gasteiger partial charge in [-0.3, -0.25) is 4.79 Å². The first kappa shape index (κ1) is 30.2. The van der Waals surface area contributed by atoms with Gasteiger partial charge in [-0.05, 0) is 42.0 Å². The van der Waals surface area contributed by atoms with E-state index in [-0.39, 0.29) is 22.7 Å². The number of carbonyl (C=O) groups excluding carboxylic acids is 1. The van der Waals surface area contributed by atoms with Crippen LogP contribution < -0.4 is 10.2 Å². The van der Waals surface area contributed by atoms with Crippen molar-refractivity contribution in [2.45, 2.75) is 30.7 Å². The van der Waals surface area contributed by atoms with Crippen LogP contribution in [0.2, 0.25) is 0 Å². The van der Waals surface area contributed by atoms with Crippen LogP contribution >= 0.6 is 0 Å². The van der Waals surface area contributed by atoms with Crippen molar-refractivity contribution in [2.24, 2.45) is 0 Å². The maximum atomic E-state index is 13.6. The van der Waals surface area contributed by atoms with Gasteiger partial charge in [0.1, 0.15) is 59.2 Å². The number of esters is 1. The van der Waals surface area contributed by atoms with Crippen LogP contribution in [-0.4, -0.2) is 84.1 Å². The zero-order chi connectivity index (χ0) is 31.7. The highest BCUT2D eigenvalue weighted by molar-refractivity contribution is 5.88. The lowest BCUT2D eigenvalue weighted by Crippen LogP contribution is -2.60. The molecule has 2 heterocycles. The highest BCUT2D eigenvalue weighted by Gasteiger charge is 2.46. The second-order valence-corrected chi connectivity index (χ2v) is 9.82. The maximum Gasteiger partial charge on any atom is 0.330 e. The summed E-state index contributed by atoms with van der Waals surface area (Å²) in [5.74, 6) is -4.08. The van der Waals surface area contributed by atoms with Crippen molar-refractivity contribution in [1.29, 1.82) is 0 Å². The number of aliphatic hydroxyl groups excluding tert-OH is 3.